The fourth-order valence-electron chi connectivity index (χ4n) is 2.39. The van der Waals surface area contributed by atoms with Gasteiger partial charge in [0.15, 0.2) is 0 Å². The summed E-state index contributed by atoms with van der Waals surface area (Å²) in [5.41, 5.74) is 0.605. The van der Waals surface area contributed by atoms with Crippen LogP contribution >= 0.6 is 0 Å². The number of hydrogen-bond donors (Lipinski definition) is 1. The minimum absolute atomic E-state index is 0.191. The number of carbonyl (C=O) groups is 1. The van der Waals surface area contributed by atoms with Crippen LogP contribution in [0.25, 0.3) is 0 Å². The lowest BCUT2D eigenvalue weighted by Gasteiger charge is -2.21. The van der Waals surface area contributed by atoms with Gasteiger partial charge in [-0.05, 0) is 51.0 Å². The van der Waals surface area contributed by atoms with E-state index in [0.717, 1.165) is 30.1 Å². The molecule has 0 atom stereocenters. The van der Waals surface area contributed by atoms with Gasteiger partial charge in [0.2, 0.25) is 0 Å². The van der Waals surface area contributed by atoms with Gasteiger partial charge in [-0.2, -0.15) is 0 Å². The van der Waals surface area contributed by atoms with Gasteiger partial charge in [-0.3, -0.25) is 9.59 Å². The summed E-state index contributed by atoms with van der Waals surface area (Å²) in [5, 5.41) is 0. The molecule has 2 heterocycles. The number of rotatable bonds is 4. The van der Waals surface area contributed by atoms with Crippen molar-refractivity contribution < 1.29 is 9.21 Å². The van der Waals surface area contributed by atoms with Gasteiger partial charge in [-0.1, -0.05) is 0 Å². The largest absolute Gasteiger partial charge is 0.464 e. The van der Waals surface area contributed by atoms with Gasteiger partial charge in [-0.15, -0.1) is 0 Å². The summed E-state index contributed by atoms with van der Waals surface area (Å²) in [7, 11) is 0. The van der Waals surface area contributed by atoms with Crippen molar-refractivity contribution in [3.8, 4) is 0 Å². The molecule has 1 aliphatic rings. The van der Waals surface area contributed by atoms with Crippen LogP contribution in [0.5, 0.6) is 0 Å². The van der Waals surface area contributed by atoms with Gasteiger partial charge in [0, 0.05) is 11.7 Å². The van der Waals surface area contributed by atoms with E-state index < -0.39 is 0 Å². The number of nitrogens with one attached hydrogen (secondary N) is 1. The maximum atomic E-state index is 12.6. The first kappa shape index (κ1) is 13.7. The Balaban J connectivity index is 1.86. The van der Waals surface area contributed by atoms with Crippen LogP contribution < -0.4 is 5.56 Å². The Morgan fingerprint density at radius 2 is 2.05 bits per heavy atom. The number of nitrogens with zero attached hydrogens (tertiary/aromatic N) is 1. The van der Waals surface area contributed by atoms with Gasteiger partial charge in [0.05, 0.1) is 6.54 Å². The van der Waals surface area contributed by atoms with Gasteiger partial charge >= 0.3 is 0 Å². The average molecular weight is 286 g/mol. The highest BCUT2D eigenvalue weighted by molar-refractivity contribution is 5.94. The Bertz CT molecular complexity index is 725. The quantitative estimate of drug-likeness (QED) is 0.938. The molecule has 0 unspecified atom stereocenters. The van der Waals surface area contributed by atoms with Crippen molar-refractivity contribution in [1.82, 2.24) is 9.88 Å². The maximum Gasteiger partial charge on any atom is 0.260 e. The van der Waals surface area contributed by atoms with Crippen LogP contribution in [0.1, 0.15) is 40.4 Å². The molecule has 2 aromatic heterocycles. The number of aromatic amines is 1. The molecule has 1 saturated carbocycles. The first-order valence-corrected chi connectivity index (χ1v) is 7.11. The summed E-state index contributed by atoms with van der Waals surface area (Å²) in [4.78, 5) is 29.0. The number of aryl methyl sites for hydroxylation is 2. The van der Waals surface area contributed by atoms with E-state index in [2.05, 4.69) is 4.98 Å². The van der Waals surface area contributed by atoms with E-state index in [0.29, 0.717) is 6.54 Å². The molecule has 0 aliphatic heterocycles. The van der Waals surface area contributed by atoms with Crippen LogP contribution in [0.4, 0.5) is 0 Å². The maximum absolute atomic E-state index is 12.6. The topological polar surface area (TPSA) is 66.3 Å². The third-order valence-electron chi connectivity index (χ3n) is 3.66. The Labute approximate surface area is 122 Å². The van der Waals surface area contributed by atoms with Crippen LogP contribution in [0.15, 0.2) is 33.5 Å². The number of carbonyl (C=O) groups excluding carboxylic acids is 1. The Morgan fingerprint density at radius 3 is 2.62 bits per heavy atom. The lowest BCUT2D eigenvalue weighted by atomic mass is 10.2. The lowest BCUT2D eigenvalue weighted by molar-refractivity contribution is 0.0715. The highest BCUT2D eigenvalue weighted by atomic mass is 16.3. The zero-order valence-corrected chi connectivity index (χ0v) is 12.2. The standard InChI is InChI=1S/C16H18N2O3/c1-10-3-8-14(15(19)17-10)16(20)18(12-5-6-12)9-13-7-4-11(2)21-13/h3-4,7-8,12H,5-6,9H2,1-2H3,(H,17,19). The van der Waals surface area contributed by atoms with E-state index in [-0.39, 0.29) is 23.1 Å². The first-order chi connectivity index (χ1) is 10.0. The van der Waals surface area contributed by atoms with E-state index in [1.165, 1.54) is 0 Å². The Morgan fingerprint density at radius 1 is 1.29 bits per heavy atom. The molecule has 0 aromatic carbocycles. The van der Waals surface area contributed by atoms with Crippen LogP contribution in [0.3, 0.4) is 0 Å². The molecule has 1 aliphatic carbocycles. The molecule has 5 heteroatoms. The molecule has 21 heavy (non-hydrogen) atoms. The fourth-order valence-corrected chi connectivity index (χ4v) is 2.39. The highest BCUT2D eigenvalue weighted by Gasteiger charge is 2.34. The molecular weight excluding hydrogens is 268 g/mol. The third-order valence-corrected chi connectivity index (χ3v) is 3.66. The van der Waals surface area contributed by atoms with Gasteiger partial charge in [0.25, 0.3) is 11.5 Å². The number of furan rings is 1. The molecule has 0 bridgehead atoms. The fraction of sp³-hybridized carbons (Fsp3) is 0.375. The van der Waals surface area contributed by atoms with Crippen LogP contribution in [-0.2, 0) is 6.54 Å². The SMILES string of the molecule is Cc1ccc(C(=O)N(Cc2ccc(C)o2)C2CC2)c(=O)[nH]1. The van der Waals surface area contributed by atoms with Crippen molar-refractivity contribution in [2.45, 2.75) is 39.3 Å². The molecular formula is C16H18N2O3. The van der Waals surface area contributed by atoms with Crippen LogP contribution in [0, 0.1) is 13.8 Å². The highest BCUT2D eigenvalue weighted by Crippen LogP contribution is 2.29. The normalized spacial score (nSPS) is 14.2. The lowest BCUT2D eigenvalue weighted by Crippen LogP contribution is -2.36. The number of aromatic nitrogens is 1. The van der Waals surface area contributed by atoms with Crippen molar-refractivity contribution in [2.24, 2.45) is 0 Å². The monoisotopic (exact) mass is 286 g/mol. The number of pyridine rings is 1. The summed E-state index contributed by atoms with van der Waals surface area (Å²) in [5.74, 6) is 1.34. The minimum Gasteiger partial charge on any atom is -0.464 e. The Hall–Kier alpha value is -2.30. The zero-order valence-electron chi connectivity index (χ0n) is 12.2. The van der Waals surface area contributed by atoms with E-state index >= 15 is 0 Å². The molecule has 5 nitrogen and oxygen atoms in total. The van der Waals surface area contributed by atoms with Crippen LogP contribution in [-0.4, -0.2) is 21.8 Å². The number of H-pyrrole nitrogens is 1. The van der Waals surface area contributed by atoms with Crippen molar-refractivity contribution in [3.05, 3.63) is 57.4 Å². The molecule has 1 fully saturated rings. The summed E-state index contributed by atoms with van der Waals surface area (Å²) in [6.45, 7) is 4.07. The smallest absolute Gasteiger partial charge is 0.260 e. The minimum atomic E-state index is -0.332. The van der Waals surface area contributed by atoms with Gasteiger partial charge < -0.3 is 14.3 Å². The second kappa shape index (κ2) is 5.24. The average Bonchev–Trinajstić information content (AvgIpc) is 3.19. The number of hydrogen-bond acceptors (Lipinski definition) is 3. The molecule has 2 aromatic rings. The van der Waals surface area contributed by atoms with Crippen molar-refractivity contribution >= 4 is 5.91 Å². The molecule has 110 valence electrons. The molecule has 0 spiro atoms. The zero-order chi connectivity index (χ0) is 15.0. The Kier molecular flexibility index (Phi) is 3.41. The molecule has 1 amide bonds. The summed E-state index contributed by atoms with van der Waals surface area (Å²) in [6, 6.07) is 7.31. The van der Waals surface area contributed by atoms with Crippen molar-refractivity contribution in [2.75, 3.05) is 0 Å². The van der Waals surface area contributed by atoms with Crippen molar-refractivity contribution in [1.29, 1.82) is 0 Å². The summed E-state index contributed by atoms with van der Waals surface area (Å²) >= 11 is 0. The predicted octanol–water partition coefficient (Wildman–Crippen LogP) is 2.39. The first-order valence-electron chi connectivity index (χ1n) is 7.11. The molecule has 0 radical (unpaired) electrons. The van der Waals surface area contributed by atoms with E-state index in [4.69, 9.17) is 4.42 Å². The third kappa shape index (κ3) is 2.91. The predicted molar refractivity (Wildman–Crippen MR) is 78.1 cm³/mol. The molecule has 3 rings (SSSR count). The van der Waals surface area contributed by atoms with E-state index in [1.807, 2.05) is 19.1 Å². The van der Waals surface area contributed by atoms with Crippen molar-refractivity contribution in [3.63, 3.8) is 0 Å². The van der Waals surface area contributed by atoms with Gasteiger partial charge in [0.1, 0.15) is 17.1 Å². The van der Waals surface area contributed by atoms with Crippen LogP contribution in [0.2, 0.25) is 0 Å². The summed E-state index contributed by atoms with van der Waals surface area (Å²) < 4.78 is 5.55. The number of amides is 1. The summed E-state index contributed by atoms with van der Waals surface area (Å²) in [6.07, 6.45) is 1.96. The molecule has 1 N–H and O–H groups in total. The van der Waals surface area contributed by atoms with E-state index in [9.17, 15) is 9.59 Å². The van der Waals surface area contributed by atoms with Gasteiger partial charge in [-0.25, -0.2) is 0 Å². The second-order valence-corrected chi connectivity index (χ2v) is 5.56. The van der Waals surface area contributed by atoms with E-state index in [1.54, 1.807) is 24.0 Å². The molecule has 0 saturated heterocycles. The second-order valence-electron chi connectivity index (χ2n) is 5.56.